The van der Waals surface area contributed by atoms with Crippen LogP contribution in [0.5, 0.6) is 11.5 Å². The SMILES string of the molecule is CCN(CC)CCNC(=O)c1c(C)[nH]c(/C=C2\C(=O)Nc3ccc(O)cc32)c1-c1ccccc1O. The normalized spacial score (nSPS) is 13.8. The van der Waals surface area contributed by atoms with E-state index in [4.69, 9.17) is 0 Å². The molecule has 2 heterocycles. The summed E-state index contributed by atoms with van der Waals surface area (Å²) in [5.74, 6) is -0.505. The number of amides is 2. The fourth-order valence-electron chi connectivity index (χ4n) is 4.43. The maximum Gasteiger partial charge on any atom is 0.256 e. The lowest BCUT2D eigenvalue weighted by Crippen LogP contribution is -2.35. The fraction of sp³-hybridized carbons (Fsp3) is 0.259. The molecule has 0 unspecified atom stereocenters. The predicted octanol–water partition coefficient (Wildman–Crippen LogP) is 3.97. The van der Waals surface area contributed by atoms with Crippen molar-refractivity contribution in [3.05, 3.63) is 65.0 Å². The number of H-pyrrole nitrogens is 1. The third-order valence-corrected chi connectivity index (χ3v) is 6.30. The van der Waals surface area contributed by atoms with Gasteiger partial charge in [-0.2, -0.15) is 0 Å². The standard InChI is InChI=1S/C27H30N4O4/c1-4-31(5-2)13-12-28-27(35)24-16(3)29-22(25(24)18-8-6-7-9-23(18)33)15-20-19-14-17(32)10-11-21(19)30-26(20)34/h6-11,14-15,29,32-33H,4-5,12-13H2,1-3H3,(H,28,35)(H,30,34)/b20-15-. The van der Waals surface area contributed by atoms with Crippen molar-refractivity contribution in [1.29, 1.82) is 0 Å². The molecule has 0 fully saturated rings. The molecule has 182 valence electrons. The first kappa shape index (κ1) is 24.1. The van der Waals surface area contributed by atoms with Crippen LogP contribution in [-0.4, -0.2) is 58.1 Å². The van der Waals surface area contributed by atoms with Crippen LogP contribution in [0.4, 0.5) is 5.69 Å². The van der Waals surface area contributed by atoms with Crippen LogP contribution in [-0.2, 0) is 4.79 Å². The molecule has 8 heteroatoms. The Morgan fingerprint density at radius 2 is 1.83 bits per heavy atom. The number of nitrogens with zero attached hydrogens (tertiary/aromatic N) is 1. The summed E-state index contributed by atoms with van der Waals surface area (Å²) < 4.78 is 0. The number of nitrogens with one attached hydrogen (secondary N) is 3. The molecule has 5 N–H and O–H groups in total. The molecular weight excluding hydrogens is 444 g/mol. The minimum atomic E-state index is -0.314. The number of carbonyl (C=O) groups is 2. The molecule has 1 aliphatic rings. The number of fused-ring (bicyclic) bond motifs is 1. The number of anilines is 1. The van der Waals surface area contributed by atoms with Crippen LogP contribution in [0, 0.1) is 6.92 Å². The van der Waals surface area contributed by atoms with Crippen LogP contribution in [0.3, 0.4) is 0 Å². The molecule has 0 aliphatic carbocycles. The van der Waals surface area contributed by atoms with E-state index in [1.807, 2.05) is 0 Å². The van der Waals surface area contributed by atoms with Crippen LogP contribution in [0.15, 0.2) is 42.5 Å². The summed E-state index contributed by atoms with van der Waals surface area (Å²) in [5, 5.41) is 26.4. The zero-order chi connectivity index (χ0) is 25.1. The number of hydrogen-bond acceptors (Lipinski definition) is 5. The van der Waals surface area contributed by atoms with Crippen molar-refractivity contribution < 1.29 is 19.8 Å². The van der Waals surface area contributed by atoms with E-state index in [0.29, 0.717) is 51.4 Å². The smallest absolute Gasteiger partial charge is 0.256 e. The van der Waals surface area contributed by atoms with Gasteiger partial charge in [-0.1, -0.05) is 32.0 Å². The van der Waals surface area contributed by atoms with Crippen molar-refractivity contribution in [3.63, 3.8) is 0 Å². The van der Waals surface area contributed by atoms with E-state index in [1.165, 1.54) is 12.1 Å². The van der Waals surface area contributed by atoms with E-state index < -0.39 is 0 Å². The Hall–Kier alpha value is -4.04. The average molecular weight is 475 g/mol. The van der Waals surface area contributed by atoms with Crippen LogP contribution >= 0.6 is 0 Å². The topological polar surface area (TPSA) is 118 Å². The minimum absolute atomic E-state index is 0.0252. The molecule has 4 rings (SSSR count). The Kier molecular flexibility index (Phi) is 6.93. The second-order valence-electron chi connectivity index (χ2n) is 8.46. The van der Waals surface area contributed by atoms with Gasteiger partial charge in [-0.3, -0.25) is 9.59 Å². The first-order chi connectivity index (χ1) is 16.8. The molecule has 2 aromatic carbocycles. The number of aromatic hydroxyl groups is 2. The Bertz CT molecular complexity index is 1300. The maximum absolute atomic E-state index is 13.3. The molecule has 0 radical (unpaired) electrons. The van der Waals surface area contributed by atoms with Gasteiger partial charge in [-0.15, -0.1) is 0 Å². The van der Waals surface area contributed by atoms with Gasteiger partial charge in [0.15, 0.2) is 0 Å². The maximum atomic E-state index is 13.3. The first-order valence-corrected chi connectivity index (χ1v) is 11.7. The molecule has 0 saturated carbocycles. The van der Waals surface area contributed by atoms with Crippen molar-refractivity contribution in [2.45, 2.75) is 20.8 Å². The van der Waals surface area contributed by atoms with E-state index in [0.717, 1.165) is 19.6 Å². The van der Waals surface area contributed by atoms with Crippen molar-refractivity contribution in [3.8, 4) is 22.6 Å². The quantitative estimate of drug-likeness (QED) is 0.250. The van der Waals surface area contributed by atoms with Gasteiger partial charge >= 0.3 is 0 Å². The minimum Gasteiger partial charge on any atom is -0.508 e. The molecular formula is C27H30N4O4. The highest BCUT2D eigenvalue weighted by Crippen LogP contribution is 2.40. The summed E-state index contributed by atoms with van der Waals surface area (Å²) in [5.41, 5.74) is 4.04. The predicted molar refractivity (Wildman–Crippen MR) is 137 cm³/mol. The number of phenols is 2. The Morgan fingerprint density at radius 3 is 2.54 bits per heavy atom. The second kappa shape index (κ2) is 10.1. The van der Waals surface area contributed by atoms with Gasteiger partial charge in [-0.25, -0.2) is 0 Å². The van der Waals surface area contributed by atoms with E-state index in [1.54, 1.807) is 43.3 Å². The van der Waals surface area contributed by atoms with Crippen molar-refractivity contribution in [2.24, 2.45) is 0 Å². The van der Waals surface area contributed by atoms with Crippen LogP contribution in [0.2, 0.25) is 0 Å². The molecule has 0 atom stereocenters. The number of phenolic OH excluding ortho intramolecular Hbond substituents is 2. The van der Waals surface area contributed by atoms with Crippen molar-refractivity contribution >= 4 is 29.2 Å². The summed E-state index contributed by atoms with van der Waals surface area (Å²) in [7, 11) is 0. The molecule has 1 aromatic heterocycles. The Balaban J connectivity index is 1.79. The number of para-hydroxylation sites is 1. The highest BCUT2D eigenvalue weighted by Gasteiger charge is 2.28. The fourth-order valence-corrected chi connectivity index (χ4v) is 4.43. The van der Waals surface area contributed by atoms with Gasteiger partial charge in [0.2, 0.25) is 0 Å². The molecule has 1 aliphatic heterocycles. The molecule has 2 amide bonds. The lowest BCUT2D eigenvalue weighted by Gasteiger charge is -2.18. The van der Waals surface area contributed by atoms with E-state index in [9.17, 15) is 19.8 Å². The van der Waals surface area contributed by atoms with Crippen LogP contribution in [0.1, 0.15) is 41.2 Å². The molecule has 0 saturated heterocycles. The molecule has 8 nitrogen and oxygen atoms in total. The van der Waals surface area contributed by atoms with Gasteiger partial charge < -0.3 is 30.7 Å². The van der Waals surface area contributed by atoms with Gasteiger partial charge in [0, 0.05) is 46.9 Å². The molecule has 3 aromatic rings. The zero-order valence-corrected chi connectivity index (χ0v) is 20.1. The zero-order valence-electron chi connectivity index (χ0n) is 20.1. The number of likely N-dealkylation sites (N-methyl/N-ethyl adjacent to an activating group) is 1. The third kappa shape index (κ3) is 4.79. The van der Waals surface area contributed by atoms with Crippen LogP contribution in [0.25, 0.3) is 22.8 Å². The Morgan fingerprint density at radius 1 is 1.09 bits per heavy atom. The van der Waals surface area contributed by atoms with E-state index >= 15 is 0 Å². The highest BCUT2D eigenvalue weighted by atomic mass is 16.3. The summed E-state index contributed by atoms with van der Waals surface area (Å²) >= 11 is 0. The van der Waals surface area contributed by atoms with Gasteiger partial charge in [-0.05, 0) is 50.4 Å². The number of hydrogen-bond donors (Lipinski definition) is 5. The van der Waals surface area contributed by atoms with Gasteiger partial charge in [0.1, 0.15) is 11.5 Å². The van der Waals surface area contributed by atoms with Gasteiger partial charge in [0.05, 0.1) is 11.1 Å². The summed E-state index contributed by atoms with van der Waals surface area (Å²) in [4.78, 5) is 31.5. The average Bonchev–Trinajstić information content (AvgIpc) is 3.32. The second-order valence-corrected chi connectivity index (χ2v) is 8.46. The molecule has 0 bridgehead atoms. The summed E-state index contributed by atoms with van der Waals surface area (Å²) in [6, 6.07) is 11.5. The number of benzene rings is 2. The summed E-state index contributed by atoms with van der Waals surface area (Å²) in [6.07, 6.45) is 1.65. The van der Waals surface area contributed by atoms with Crippen molar-refractivity contribution in [1.82, 2.24) is 15.2 Å². The van der Waals surface area contributed by atoms with Gasteiger partial charge in [0.25, 0.3) is 11.8 Å². The summed E-state index contributed by atoms with van der Waals surface area (Å²) in [6.45, 7) is 8.95. The Labute approximate surface area is 204 Å². The number of aromatic nitrogens is 1. The largest absolute Gasteiger partial charge is 0.508 e. The van der Waals surface area contributed by atoms with Crippen LogP contribution < -0.4 is 10.6 Å². The number of carbonyl (C=O) groups excluding carboxylic acids is 2. The molecule has 0 spiro atoms. The van der Waals surface area contributed by atoms with E-state index in [2.05, 4.69) is 34.4 Å². The van der Waals surface area contributed by atoms with E-state index in [-0.39, 0.29) is 23.3 Å². The lowest BCUT2D eigenvalue weighted by molar-refractivity contribution is -0.110. The number of aryl methyl sites for hydroxylation is 1. The van der Waals surface area contributed by atoms with Crippen molar-refractivity contribution in [2.75, 3.05) is 31.5 Å². The number of aromatic amines is 1. The molecule has 35 heavy (non-hydrogen) atoms. The first-order valence-electron chi connectivity index (χ1n) is 11.7. The number of rotatable bonds is 8. The monoisotopic (exact) mass is 474 g/mol. The highest BCUT2D eigenvalue weighted by molar-refractivity contribution is 6.35. The lowest BCUT2D eigenvalue weighted by atomic mass is 9.96. The third-order valence-electron chi connectivity index (χ3n) is 6.30.